The third-order valence-corrected chi connectivity index (χ3v) is 7.62. The first kappa shape index (κ1) is 29.4. The smallest absolute Gasteiger partial charge is 0.336 e. The summed E-state index contributed by atoms with van der Waals surface area (Å²) in [6.07, 6.45) is -1.64. The maximum absolute atomic E-state index is 12.6. The Kier molecular flexibility index (Phi) is 9.39. The standard InChI is InChI=1S/C31H39NO5S/c1-18(2)28(25-13-14-26(38-25)29(34)32-17-24(33)30(35)36-8)37-23-15-19(3)27(20(4)16-23)21-9-11-22(12-10-21)31(5,6)7/h9-16,18,24,28,33H,17H2,1-8H3,(H,32,34). The first-order valence-corrected chi connectivity index (χ1v) is 13.7. The summed E-state index contributed by atoms with van der Waals surface area (Å²) < 4.78 is 11.0. The summed E-state index contributed by atoms with van der Waals surface area (Å²) in [5.41, 5.74) is 6.09. The number of ether oxygens (including phenoxy) is 2. The zero-order chi connectivity index (χ0) is 28.2. The molecule has 2 unspecified atom stereocenters. The highest BCUT2D eigenvalue weighted by Crippen LogP contribution is 2.37. The number of carbonyl (C=O) groups is 2. The fourth-order valence-electron chi connectivity index (χ4n) is 4.38. The van der Waals surface area contributed by atoms with Crippen molar-refractivity contribution in [3.63, 3.8) is 0 Å². The summed E-state index contributed by atoms with van der Waals surface area (Å²) in [5.74, 6) is -0.200. The van der Waals surface area contributed by atoms with Crippen LogP contribution in [-0.4, -0.2) is 36.7 Å². The lowest BCUT2D eigenvalue weighted by Crippen LogP contribution is -2.36. The van der Waals surface area contributed by atoms with Gasteiger partial charge in [-0.05, 0) is 77.3 Å². The Morgan fingerprint density at radius 3 is 2.13 bits per heavy atom. The number of benzene rings is 2. The summed E-state index contributed by atoms with van der Waals surface area (Å²) in [6.45, 7) is 14.8. The number of rotatable bonds is 9. The van der Waals surface area contributed by atoms with Crippen LogP contribution in [0.1, 0.15) is 72.0 Å². The van der Waals surface area contributed by atoms with Crippen molar-refractivity contribution in [1.82, 2.24) is 5.32 Å². The van der Waals surface area contributed by atoms with Gasteiger partial charge in [-0.25, -0.2) is 4.79 Å². The Morgan fingerprint density at radius 2 is 1.61 bits per heavy atom. The van der Waals surface area contributed by atoms with E-state index in [4.69, 9.17) is 4.74 Å². The molecule has 1 amide bonds. The largest absolute Gasteiger partial charge is 0.485 e. The predicted octanol–water partition coefficient (Wildman–Crippen LogP) is 6.37. The van der Waals surface area contributed by atoms with Crippen LogP contribution in [0.25, 0.3) is 11.1 Å². The lowest BCUT2D eigenvalue weighted by molar-refractivity contribution is -0.149. The number of esters is 1. The predicted molar refractivity (Wildman–Crippen MR) is 153 cm³/mol. The first-order chi connectivity index (χ1) is 17.8. The molecule has 38 heavy (non-hydrogen) atoms. The molecule has 2 N–H and O–H groups in total. The van der Waals surface area contributed by atoms with Crippen LogP contribution >= 0.6 is 11.3 Å². The molecule has 2 atom stereocenters. The van der Waals surface area contributed by atoms with Crippen molar-refractivity contribution in [3.05, 3.63) is 75.0 Å². The van der Waals surface area contributed by atoms with Gasteiger partial charge in [-0.2, -0.15) is 0 Å². The van der Waals surface area contributed by atoms with Crippen molar-refractivity contribution >= 4 is 23.2 Å². The number of aliphatic hydroxyl groups is 1. The Balaban J connectivity index is 1.78. The third-order valence-electron chi connectivity index (χ3n) is 6.47. The van der Waals surface area contributed by atoms with E-state index in [1.165, 1.54) is 35.1 Å². The molecular formula is C31H39NO5S. The highest BCUT2D eigenvalue weighted by Gasteiger charge is 2.23. The minimum absolute atomic E-state index is 0.110. The van der Waals surface area contributed by atoms with Gasteiger partial charge in [-0.1, -0.05) is 58.9 Å². The number of aryl methyl sites for hydroxylation is 2. The Morgan fingerprint density at radius 1 is 1.00 bits per heavy atom. The van der Waals surface area contributed by atoms with Crippen molar-refractivity contribution in [2.24, 2.45) is 5.92 Å². The number of hydrogen-bond donors (Lipinski definition) is 2. The lowest BCUT2D eigenvalue weighted by atomic mass is 9.85. The Labute approximate surface area is 230 Å². The Bertz CT molecular complexity index is 1250. The molecule has 0 aliphatic carbocycles. The molecule has 0 saturated carbocycles. The minimum atomic E-state index is -1.40. The van der Waals surface area contributed by atoms with Crippen LogP contribution in [0.15, 0.2) is 48.5 Å². The first-order valence-electron chi connectivity index (χ1n) is 12.8. The summed E-state index contributed by atoms with van der Waals surface area (Å²) in [7, 11) is 1.19. The molecule has 0 aliphatic heterocycles. The molecule has 0 spiro atoms. The highest BCUT2D eigenvalue weighted by atomic mass is 32.1. The summed E-state index contributed by atoms with van der Waals surface area (Å²) in [5, 5.41) is 12.3. The van der Waals surface area contributed by atoms with Crippen LogP contribution in [0.5, 0.6) is 5.75 Å². The van der Waals surface area contributed by atoms with E-state index in [0.29, 0.717) is 4.88 Å². The molecule has 3 aromatic rings. The number of thiophene rings is 1. The van der Waals surface area contributed by atoms with Gasteiger partial charge in [0.15, 0.2) is 6.10 Å². The monoisotopic (exact) mass is 537 g/mol. The summed E-state index contributed by atoms with van der Waals surface area (Å²) in [4.78, 5) is 25.3. The number of hydrogen-bond acceptors (Lipinski definition) is 6. The third kappa shape index (κ3) is 7.03. The van der Waals surface area contributed by atoms with Crippen LogP contribution in [0.4, 0.5) is 0 Å². The van der Waals surface area contributed by atoms with Crippen molar-refractivity contribution in [2.45, 2.75) is 66.1 Å². The number of nitrogens with one attached hydrogen (secondary N) is 1. The molecule has 2 aromatic carbocycles. The quantitative estimate of drug-likeness (QED) is 0.310. The van der Waals surface area contributed by atoms with Gasteiger partial charge in [0.05, 0.1) is 18.5 Å². The number of aliphatic hydroxyl groups excluding tert-OH is 1. The van der Waals surface area contributed by atoms with E-state index in [9.17, 15) is 14.7 Å². The van der Waals surface area contributed by atoms with Crippen LogP contribution in [0.2, 0.25) is 0 Å². The van der Waals surface area contributed by atoms with Crippen molar-refractivity contribution in [1.29, 1.82) is 0 Å². The van der Waals surface area contributed by atoms with Crippen molar-refractivity contribution < 1.29 is 24.2 Å². The fourth-order valence-corrected chi connectivity index (χ4v) is 5.50. The fraction of sp³-hybridized carbons (Fsp3) is 0.419. The van der Waals surface area contributed by atoms with Crippen molar-refractivity contribution in [3.8, 4) is 16.9 Å². The molecule has 1 aromatic heterocycles. The molecule has 7 heteroatoms. The van der Waals surface area contributed by atoms with E-state index in [1.807, 2.05) is 6.07 Å². The average Bonchev–Trinajstić information content (AvgIpc) is 3.34. The minimum Gasteiger partial charge on any atom is -0.485 e. The molecule has 1 heterocycles. The van der Waals surface area contributed by atoms with Gasteiger partial charge in [-0.3, -0.25) is 4.79 Å². The second-order valence-electron chi connectivity index (χ2n) is 11.0. The molecular weight excluding hydrogens is 498 g/mol. The Hall–Kier alpha value is -3.16. The van der Waals surface area contributed by atoms with E-state index in [2.05, 4.69) is 94.9 Å². The van der Waals surface area contributed by atoms with Crippen LogP contribution in [0.3, 0.4) is 0 Å². The molecule has 6 nitrogen and oxygen atoms in total. The number of methoxy groups -OCH3 is 1. The summed E-state index contributed by atoms with van der Waals surface area (Å²) in [6, 6.07) is 16.6. The van der Waals surface area contributed by atoms with Crippen LogP contribution < -0.4 is 10.1 Å². The molecule has 204 valence electrons. The number of carbonyl (C=O) groups excluding carboxylic acids is 2. The van der Waals surface area contributed by atoms with Gasteiger partial charge in [0.25, 0.3) is 5.91 Å². The highest BCUT2D eigenvalue weighted by molar-refractivity contribution is 7.14. The second kappa shape index (κ2) is 12.1. The van der Waals surface area contributed by atoms with Gasteiger partial charge < -0.3 is 19.9 Å². The van der Waals surface area contributed by atoms with Crippen LogP contribution in [0, 0.1) is 19.8 Å². The zero-order valence-corrected chi connectivity index (χ0v) is 24.4. The molecule has 0 saturated heterocycles. The normalized spacial score (nSPS) is 13.2. The molecule has 3 rings (SSSR count). The molecule has 0 fully saturated rings. The zero-order valence-electron chi connectivity index (χ0n) is 23.5. The van der Waals surface area contributed by atoms with Crippen LogP contribution in [-0.2, 0) is 14.9 Å². The average molecular weight is 538 g/mol. The number of amides is 1. The van der Waals surface area contributed by atoms with Gasteiger partial charge in [0.1, 0.15) is 11.9 Å². The maximum Gasteiger partial charge on any atom is 0.336 e. The van der Waals surface area contributed by atoms with E-state index in [-0.39, 0.29) is 29.9 Å². The maximum atomic E-state index is 12.6. The van der Waals surface area contributed by atoms with Crippen molar-refractivity contribution in [2.75, 3.05) is 13.7 Å². The lowest BCUT2D eigenvalue weighted by Gasteiger charge is -2.23. The van der Waals surface area contributed by atoms with Gasteiger partial charge >= 0.3 is 5.97 Å². The van der Waals surface area contributed by atoms with Gasteiger partial charge in [0, 0.05) is 4.88 Å². The molecule has 0 bridgehead atoms. The molecule has 0 aliphatic rings. The van der Waals surface area contributed by atoms with Gasteiger partial charge in [0.2, 0.25) is 0 Å². The molecule has 0 radical (unpaired) electrons. The van der Waals surface area contributed by atoms with Gasteiger partial charge in [-0.15, -0.1) is 11.3 Å². The second-order valence-corrected chi connectivity index (χ2v) is 12.1. The van der Waals surface area contributed by atoms with E-state index >= 15 is 0 Å². The SMILES string of the molecule is COC(=O)C(O)CNC(=O)c1ccc(C(Oc2cc(C)c(-c3ccc(C(C)(C)C)cc3)c(C)c2)C(C)C)s1. The van der Waals surface area contributed by atoms with E-state index in [0.717, 1.165) is 21.8 Å². The summed E-state index contributed by atoms with van der Waals surface area (Å²) >= 11 is 1.34. The topological polar surface area (TPSA) is 84.9 Å². The van der Waals surface area contributed by atoms with E-state index in [1.54, 1.807) is 6.07 Å². The van der Waals surface area contributed by atoms with E-state index < -0.39 is 12.1 Å².